The van der Waals surface area contributed by atoms with E-state index in [1.54, 1.807) is 4.90 Å². The van der Waals surface area contributed by atoms with Crippen molar-refractivity contribution < 1.29 is 14.4 Å². The zero-order valence-electron chi connectivity index (χ0n) is 17.4. The molecule has 3 aliphatic heterocycles. The molecule has 3 heterocycles. The van der Waals surface area contributed by atoms with E-state index in [0.29, 0.717) is 24.6 Å². The minimum Gasteiger partial charge on any atom is -0.322 e. The molecule has 1 aromatic carbocycles. The van der Waals surface area contributed by atoms with Gasteiger partial charge in [-0.05, 0) is 61.8 Å². The summed E-state index contributed by atoms with van der Waals surface area (Å²) in [4.78, 5) is 41.2. The Labute approximate surface area is 177 Å². The molecular formula is C23H30N4O3. The smallest absolute Gasteiger partial charge is 0.255 e. The van der Waals surface area contributed by atoms with E-state index in [0.717, 1.165) is 37.7 Å². The van der Waals surface area contributed by atoms with Gasteiger partial charge in [0.05, 0.1) is 0 Å². The summed E-state index contributed by atoms with van der Waals surface area (Å²) < 4.78 is 0. The van der Waals surface area contributed by atoms with Gasteiger partial charge in [0, 0.05) is 44.2 Å². The molecule has 2 atom stereocenters. The van der Waals surface area contributed by atoms with Gasteiger partial charge in [-0.2, -0.15) is 0 Å². The summed E-state index contributed by atoms with van der Waals surface area (Å²) in [5, 5.41) is 5.92. The third-order valence-electron chi connectivity index (χ3n) is 7.03. The Morgan fingerprint density at radius 2 is 1.97 bits per heavy atom. The highest BCUT2D eigenvalue weighted by Crippen LogP contribution is 2.34. The Kier molecular flexibility index (Phi) is 5.33. The minimum absolute atomic E-state index is 0.0885. The molecule has 1 saturated carbocycles. The van der Waals surface area contributed by atoms with Crippen molar-refractivity contribution in [3.05, 3.63) is 34.9 Å². The monoisotopic (exact) mass is 410 g/mol. The number of carbonyl (C=O) groups excluding carboxylic acids is 3. The van der Waals surface area contributed by atoms with Crippen LogP contribution in [0.5, 0.6) is 0 Å². The maximum absolute atomic E-state index is 13.1. The Bertz CT molecular complexity index is 860. The third-order valence-corrected chi connectivity index (χ3v) is 7.03. The van der Waals surface area contributed by atoms with E-state index in [9.17, 15) is 14.4 Å². The molecule has 0 radical (unpaired) electrons. The lowest BCUT2D eigenvalue weighted by Gasteiger charge is -2.35. The van der Waals surface area contributed by atoms with Gasteiger partial charge in [-0.25, -0.2) is 0 Å². The van der Waals surface area contributed by atoms with Crippen molar-refractivity contribution in [2.24, 2.45) is 5.92 Å². The second-order valence-corrected chi connectivity index (χ2v) is 9.22. The van der Waals surface area contributed by atoms with Crippen molar-refractivity contribution in [1.29, 1.82) is 0 Å². The van der Waals surface area contributed by atoms with Crippen LogP contribution in [0, 0.1) is 5.92 Å². The van der Waals surface area contributed by atoms with E-state index in [1.807, 2.05) is 12.1 Å². The molecule has 3 fully saturated rings. The molecule has 1 aliphatic carbocycles. The van der Waals surface area contributed by atoms with Crippen LogP contribution in [0.4, 0.5) is 0 Å². The summed E-state index contributed by atoms with van der Waals surface area (Å²) in [7, 11) is 0. The molecule has 2 unspecified atom stereocenters. The average molecular weight is 411 g/mol. The van der Waals surface area contributed by atoms with Gasteiger partial charge in [0.2, 0.25) is 11.8 Å². The number of nitrogens with one attached hydrogen (secondary N) is 2. The second kappa shape index (κ2) is 8.12. The van der Waals surface area contributed by atoms with Gasteiger partial charge in [-0.15, -0.1) is 0 Å². The van der Waals surface area contributed by atoms with Crippen LogP contribution in [0.1, 0.15) is 60.0 Å². The van der Waals surface area contributed by atoms with Crippen molar-refractivity contribution in [2.75, 3.05) is 19.6 Å². The molecule has 30 heavy (non-hydrogen) atoms. The number of fused-ring (bicyclic) bond motifs is 1. The van der Waals surface area contributed by atoms with Crippen LogP contribution in [0.15, 0.2) is 18.2 Å². The number of nitrogens with zero attached hydrogens (tertiary/aromatic N) is 2. The van der Waals surface area contributed by atoms with Gasteiger partial charge in [-0.1, -0.05) is 12.1 Å². The van der Waals surface area contributed by atoms with E-state index in [4.69, 9.17) is 0 Å². The van der Waals surface area contributed by atoms with Crippen LogP contribution < -0.4 is 10.6 Å². The van der Waals surface area contributed by atoms with Gasteiger partial charge in [0.15, 0.2) is 0 Å². The van der Waals surface area contributed by atoms with Crippen molar-refractivity contribution in [1.82, 2.24) is 20.4 Å². The van der Waals surface area contributed by atoms with Crippen LogP contribution in [0.3, 0.4) is 0 Å². The molecule has 5 rings (SSSR count). The number of hydrogen-bond acceptors (Lipinski definition) is 5. The summed E-state index contributed by atoms with van der Waals surface area (Å²) in [6.07, 6.45) is 5.77. The lowest BCUT2D eigenvalue weighted by atomic mass is 10.00. The number of rotatable bonds is 6. The lowest BCUT2D eigenvalue weighted by molar-refractivity contribution is -0.136. The van der Waals surface area contributed by atoms with E-state index in [1.165, 1.54) is 31.2 Å². The summed E-state index contributed by atoms with van der Waals surface area (Å²) in [5.74, 6) is 0.121. The summed E-state index contributed by atoms with van der Waals surface area (Å²) in [5.41, 5.74) is 2.96. The second-order valence-electron chi connectivity index (χ2n) is 9.22. The van der Waals surface area contributed by atoms with Gasteiger partial charge in [0.1, 0.15) is 6.04 Å². The van der Waals surface area contributed by atoms with Crippen molar-refractivity contribution in [2.45, 2.75) is 63.7 Å². The predicted octanol–water partition coefficient (Wildman–Crippen LogP) is 1.41. The van der Waals surface area contributed by atoms with Crippen LogP contribution >= 0.6 is 0 Å². The SMILES string of the molecule is O=C1CCC(N2Cc3c(CN(CC4CC4)C4CCCNC4)cccc3C2=O)C(=O)N1. The van der Waals surface area contributed by atoms with Crippen molar-refractivity contribution in [3.63, 3.8) is 0 Å². The van der Waals surface area contributed by atoms with Crippen LogP contribution in [0.2, 0.25) is 0 Å². The topological polar surface area (TPSA) is 81.8 Å². The molecule has 0 bridgehead atoms. The minimum atomic E-state index is -0.555. The number of carbonyl (C=O) groups is 3. The lowest BCUT2D eigenvalue weighted by Crippen LogP contribution is -2.52. The first-order chi connectivity index (χ1) is 14.6. The first-order valence-corrected chi connectivity index (χ1v) is 11.3. The molecule has 1 aromatic rings. The highest BCUT2D eigenvalue weighted by atomic mass is 16.2. The van der Waals surface area contributed by atoms with E-state index < -0.39 is 6.04 Å². The predicted molar refractivity (Wildman–Crippen MR) is 112 cm³/mol. The fraction of sp³-hybridized carbons (Fsp3) is 0.609. The van der Waals surface area contributed by atoms with E-state index in [2.05, 4.69) is 21.6 Å². The largest absolute Gasteiger partial charge is 0.322 e. The Balaban J connectivity index is 1.36. The van der Waals surface area contributed by atoms with Gasteiger partial charge >= 0.3 is 0 Å². The molecule has 0 spiro atoms. The average Bonchev–Trinajstić information content (AvgIpc) is 3.51. The standard InChI is InChI=1S/C23H30N4O3/c28-21-9-8-20(22(29)25-21)27-14-19-16(3-1-5-18(19)23(27)30)13-26(12-15-6-7-15)17-4-2-10-24-11-17/h1,3,5,15,17,20,24H,2,4,6-14H2,(H,25,28,29). The fourth-order valence-corrected chi connectivity index (χ4v) is 5.14. The van der Waals surface area contributed by atoms with Gasteiger partial charge in [0.25, 0.3) is 5.91 Å². The van der Waals surface area contributed by atoms with E-state index >= 15 is 0 Å². The highest BCUT2D eigenvalue weighted by molar-refractivity contribution is 6.05. The molecule has 7 heteroatoms. The molecule has 0 aromatic heterocycles. The fourth-order valence-electron chi connectivity index (χ4n) is 5.14. The maximum atomic E-state index is 13.1. The normalized spacial score (nSPS) is 26.8. The Hall–Kier alpha value is -2.25. The molecule has 2 N–H and O–H groups in total. The number of hydrogen-bond donors (Lipinski definition) is 2. The first kappa shape index (κ1) is 19.7. The van der Waals surface area contributed by atoms with Crippen LogP contribution in [-0.2, 0) is 22.7 Å². The quantitative estimate of drug-likeness (QED) is 0.693. The molecule has 4 aliphatic rings. The summed E-state index contributed by atoms with van der Waals surface area (Å²) in [6.45, 7) is 4.56. The Morgan fingerprint density at radius 1 is 1.10 bits per heavy atom. The molecule has 7 nitrogen and oxygen atoms in total. The van der Waals surface area contributed by atoms with Crippen LogP contribution in [-0.4, -0.2) is 59.2 Å². The first-order valence-electron chi connectivity index (χ1n) is 11.3. The van der Waals surface area contributed by atoms with Gasteiger partial charge < -0.3 is 10.2 Å². The number of piperidine rings is 2. The van der Waals surface area contributed by atoms with Gasteiger partial charge in [-0.3, -0.25) is 24.6 Å². The maximum Gasteiger partial charge on any atom is 0.255 e. The number of imide groups is 1. The Morgan fingerprint density at radius 3 is 2.70 bits per heavy atom. The zero-order chi connectivity index (χ0) is 20.7. The molecular weight excluding hydrogens is 380 g/mol. The molecule has 160 valence electrons. The summed E-state index contributed by atoms with van der Waals surface area (Å²) >= 11 is 0. The van der Waals surface area contributed by atoms with Crippen molar-refractivity contribution in [3.8, 4) is 0 Å². The zero-order valence-corrected chi connectivity index (χ0v) is 17.4. The molecule has 2 saturated heterocycles. The van der Waals surface area contributed by atoms with E-state index in [-0.39, 0.29) is 24.1 Å². The molecule has 3 amide bonds. The highest BCUT2D eigenvalue weighted by Gasteiger charge is 2.40. The number of amides is 3. The number of benzene rings is 1. The van der Waals surface area contributed by atoms with Crippen LogP contribution in [0.25, 0.3) is 0 Å². The van der Waals surface area contributed by atoms with Crippen molar-refractivity contribution >= 4 is 17.7 Å². The third kappa shape index (κ3) is 3.88. The summed E-state index contributed by atoms with van der Waals surface area (Å²) in [6, 6.07) is 5.96.